The number of aromatic nitrogens is 2. The fourth-order valence-corrected chi connectivity index (χ4v) is 5.33. The Bertz CT molecular complexity index is 1810. The van der Waals surface area contributed by atoms with Crippen LogP contribution in [0.1, 0.15) is 48.7 Å². The van der Waals surface area contributed by atoms with Gasteiger partial charge in [0.05, 0.1) is 31.0 Å². The molecular formula is C33H28F2N4O4. The molecule has 1 aliphatic heterocycles. The summed E-state index contributed by atoms with van der Waals surface area (Å²) in [5.74, 6) is -2.58. The third-order valence-electron chi connectivity index (χ3n) is 7.60. The van der Waals surface area contributed by atoms with Crippen LogP contribution in [0.4, 0.5) is 8.78 Å². The molecule has 1 aliphatic carbocycles. The van der Waals surface area contributed by atoms with E-state index in [-0.39, 0.29) is 24.6 Å². The minimum absolute atomic E-state index is 0.00952. The second-order valence-corrected chi connectivity index (χ2v) is 10.4. The molecule has 0 atom stereocenters. The number of fused-ring (bicyclic) bond motifs is 1. The van der Waals surface area contributed by atoms with Gasteiger partial charge in [0.15, 0.2) is 11.6 Å². The average molecular weight is 583 g/mol. The third-order valence-corrected chi connectivity index (χ3v) is 7.60. The van der Waals surface area contributed by atoms with Gasteiger partial charge in [-0.05, 0) is 58.7 Å². The van der Waals surface area contributed by atoms with Gasteiger partial charge in [-0.3, -0.25) is 19.4 Å². The predicted molar refractivity (Wildman–Crippen MR) is 156 cm³/mol. The number of benzene rings is 2. The zero-order valence-corrected chi connectivity index (χ0v) is 23.2. The van der Waals surface area contributed by atoms with Crippen LogP contribution >= 0.6 is 0 Å². The maximum Gasteiger partial charge on any atom is 0.263 e. The zero-order chi connectivity index (χ0) is 29.9. The smallest absolute Gasteiger partial charge is 0.263 e. The van der Waals surface area contributed by atoms with Crippen LogP contribution in [0.25, 0.3) is 5.57 Å². The minimum atomic E-state index is -1.00. The quantitative estimate of drug-likeness (QED) is 0.356. The highest BCUT2D eigenvalue weighted by molar-refractivity contribution is 5.96. The van der Waals surface area contributed by atoms with Gasteiger partial charge in [-0.15, -0.1) is 0 Å². The van der Waals surface area contributed by atoms with E-state index in [2.05, 4.69) is 16.4 Å². The molecule has 43 heavy (non-hydrogen) atoms. The summed E-state index contributed by atoms with van der Waals surface area (Å²) >= 11 is 0. The van der Waals surface area contributed by atoms with Crippen molar-refractivity contribution in [2.45, 2.75) is 19.5 Å². The Kier molecular flexibility index (Phi) is 7.93. The summed E-state index contributed by atoms with van der Waals surface area (Å²) in [6.07, 6.45) is 5.86. The maximum atomic E-state index is 13.6. The molecule has 0 unspecified atom stereocenters. The summed E-state index contributed by atoms with van der Waals surface area (Å²) in [6.45, 7) is 2.32. The molecule has 4 aromatic rings. The molecule has 0 bridgehead atoms. The number of pyridine rings is 2. The number of allylic oxidation sites excluding steroid dienone is 1. The van der Waals surface area contributed by atoms with E-state index in [1.165, 1.54) is 22.9 Å². The average Bonchev–Trinajstić information content (AvgIpc) is 3.46. The van der Waals surface area contributed by atoms with Crippen LogP contribution < -0.4 is 10.9 Å². The Hall–Kier alpha value is -4.96. The SMILES string of the molecule is O=C(NCc1cccc(C2=CCc3ncc(C(=O)N4CCOCC4)cc32)c1)c1cccn(Cc2ccc(F)c(F)c2)c1=O. The van der Waals surface area contributed by atoms with Gasteiger partial charge in [0.25, 0.3) is 17.4 Å². The number of amides is 2. The highest BCUT2D eigenvalue weighted by Crippen LogP contribution is 2.33. The lowest BCUT2D eigenvalue weighted by Crippen LogP contribution is -2.40. The molecule has 1 N–H and O–H groups in total. The molecular weight excluding hydrogens is 554 g/mol. The second-order valence-electron chi connectivity index (χ2n) is 10.4. The number of hydrogen-bond donors (Lipinski definition) is 1. The van der Waals surface area contributed by atoms with Crippen LogP contribution in [0, 0.1) is 11.6 Å². The fourth-order valence-electron chi connectivity index (χ4n) is 5.33. The summed E-state index contributed by atoms with van der Waals surface area (Å²) in [6, 6.07) is 16.0. The summed E-state index contributed by atoms with van der Waals surface area (Å²) in [7, 11) is 0. The summed E-state index contributed by atoms with van der Waals surface area (Å²) in [5, 5.41) is 2.81. The van der Waals surface area contributed by atoms with Crippen molar-refractivity contribution in [2.24, 2.45) is 0 Å². The molecule has 6 rings (SSSR count). The first-order chi connectivity index (χ1) is 20.9. The van der Waals surface area contributed by atoms with Gasteiger partial charge in [0.1, 0.15) is 5.56 Å². The summed E-state index contributed by atoms with van der Waals surface area (Å²) < 4.78 is 33.5. The van der Waals surface area contributed by atoms with Crippen molar-refractivity contribution in [3.05, 3.63) is 140 Å². The lowest BCUT2D eigenvalue weighted by Gasteiger charge is -2.27. The third kappa shape index (κ3) is 6.00. The molecule has 0 spiro atoms. The van der Waals surface area contributed by atoms with Gasteiger partial charge in [-0.1, -0.05) is 30.3 Å². The topological polar surface area (TPSA) is 93.5 Å². The summed E-state index contributed by atoms with van der Waals surface area (Å²) in [5.41, 5.74) is 4.86. The largest absolute Gasteiger partial charge is 0.378 e. The molecule has 218 valence electrons. The van der Waals surface area contributed by atoms with E-state index in [9.17, 15) is 23.2 Å². The fraction of sp³-hybridized carbons (Fsp3) is 0.212. The highest BCUT2D eigenvalue weighted by atomic mass is 19.2. The van der Waals surface area contributed by atoms with E-state index >= 15 is 0 Å². The molecule has 8 nitrogen and oxygen atoms in total. The van der Waals surface area contributed by atoms with Crippen molar-refractivity contribution in [1.82, 2.24) is 19.8 Å². The molecule has 2 aromatic carbocycles. The molecule has 10 heteroatoms. The number of hydrogen-bond acceptors (Lipinski definition) is 5. The van der Waals surface area contributed by atoms with Crippen molar-refractivity contribution in [1.29, 1.82) is 0 Å². The molecule has 0 radical (unpaired) electrons. The standard InChI is InChI=1S/C33H28F2N4O4/c34-28-8-6-22(16-29(28)35)20-39-10-2-5-26(33(39)42)31(40)37-18-21-3-1-4-23(15-21)25-7-9-30-27(25)17-24(19-36-30)32(41)38-11-13-43-14-12-38/h1-8,10,15-17,19H,9,11-14,18,20H2,(H,37,40). The Labute approximate surface area is 246 Å². The first kappa shape index (κ1) is 28.2. The van der Waals surface area contributed by atoms with Crippen LogP contribution in [0.15, 0.2) is 83.9 Å². The van der Waals surface area contributed by atoms with Gasteiger partial charge in [0.2, 0.25) is 0 Å². The van der Waals surface area contributed by atoms with E-state index < -0.39 is 23.1 Å². The molecule has 2 aromatic heterocycles. The molecule has 2 amide bonds. The van der Waals surface area contributed by atoms with Crippen LogP contribution in [-0.4, -0.2) is 52.6 Å². The van der Waals surface area contributed by atoms with E-state index in [4.69, 9.17) is 4.74 Å². The van der Waals surface area contributed by atoms with Gasteiger partial charge >= 0.3 is 0 Å². The monoisotopic (exact) mass is 582 g/mol. The number of nitrogens with zero attached hydrogens (tertiary/aromatic N) is 3. The number of rotatable bonds is 7. The van der Waals surface area contributed by atoms with Crippen molar-refractivity contribution < 1.29 is 23.1 Å². The number of nitrogens with one attached hydrogen (secondary N) is 1. The first-order valence-corrected chi connectivity index (χ1v) is 13.9. The predicted octanol–water partition coefficient (Wildman–Crippen LogP) is 3.96. The van der Waals surface area contributed by atoms with Crippen LogP contribution in [-0.2, 0) is 24.2 Å². The molecule has 2 aliphatic rings. The van der Waals surface area contributed by atoms with Crippen molar-refractivity contribution >= 4 is 17.4 Å². The van der Waals surface area contributed by atoms with E-state index in [1.807, 2.05) is 30.3 Å². The van der Waals surface area contributed by atoms with Crippen molar-refractivity contribution in [3.8, 4) is 0 Å². The Morgan fingerprint density at radius 3 is 2.60 bits per heavy atom. The number of ether oxygens (including phenoxy) is 1. The summed E-state index contributed by atoms with van der Waals surface area (Å²) in [4.78, 5) is 45.3. The van der Waals surface area contributed by atoms with Gasteiger partial charge in [-0.2, -0.15) is 0 Å². The highest BCUT2D eigenvalue weighted by Gasteiger charge is 2.23. The molecule has 0 saturated carbocycles. The molecule has 1 fully saturated rings. The van der Waals surface area contributed by atoms with Gasteiger partial charge < -0.3 is 19.5 Å². The number of morpholine rings is 1. The number of carbonyl (C=O) groups is 2. The Morgan fingerprint density at radius 1 is 0.953 bits per heavy atom. The normalized spacial score (nSPS) is 14.3. The molecule has 1 saturated heterocycles. The minimum Gasteiger partial charge on any atom is -0.378 e. The molecule has 3 heterocycles. The zero-order valence-electron chi connectivity index (χ0n) is 23.2. The second kappa shape index (κ2) is 12.1. The van der Waals surface area contributed by atoms with E-state index in [0.717, 1.165) is 40.1 Å². The lowest BCUT2D eigenvalue weighted by atomic mass is 9.98. The first-order valence-electron chi connectivity index (χ1n) is 13.9. The number of carbonyl (C=O) groups excluding carboxylic acids is 2. The van der Waals surface area contributed by atoms with Crippen molar-refractivity contribution in [3.63, 3.8) is 0 Å². The van der Waals surface area contributed by atoms with E-state index in [1.54, 1.807) is 17.2 Å². The van der Waals surface area contributed by atoms with Crippen LogP contribution in [0.3, 0.4) is 0 Å². The Balaban J connectivity index is 1.15. The van der Waals surface area contributed by atoms with Crippen LogP contribution in [0.2, 0.25) is 0 Å². The maximum absolute atomic E-state index is 13.6. The van der Waals surface area contributed by atoms with Gasteiger partial charge in [0, 0.05) is 44.0 Å². The lowest BCUT2D eigenvalue weighted by molar-refractivity contribution is 0.0302. The Morgan fingerprint density at radius 2 is 1.79 bits per heavy atom. The van der Waals surface area contributed by atoms with Crippen LogP contribution in [0.5, 0.6) is 0 Å². The number of halogens is 2. The van der Waals surface area contributed by atoms with Crippen molar-refractivity contribution in [2.75, 3.05) is 26.3 Å². The van der Waals surface area contributed by atoms with E-state index in [0.29, 0.717) is 43.9 Å². The van der Waals surface area contributed by atoms with Gasteiger partial charge in [-0.25, -0.2) is 8.78 Å².